The third-order valence-corrected chi connectivity index (χ3v) is 4.98. The molecule has 0 saturated carbocycles. The standard InChI is InChI=1S/C18H33N3O3/c1-14(2)21-11-8-15(9-12-21)24-13-5-10-19-18(23)16-6-3-4-7-17(22)20-16/h14-16H,3-13H2,1-2H3,(H,19,23)(H,20,22). The average molecular weight is 339 g/mol. The molecule has 2 amide bonds. The van der Waals surface area contributed by atoms with Crippen molar-refractivity contribution in [2.24, 2.45) is 0 Å². The van der Waals surface area contributed by atoms with Gasteiger partial charge >= 0.3 is 0 Å². The van der Waals surface area contributed by atoms with Crippen molar-refractivity contribution in [3.63, 3.8) is 0 Å². The molecule has 2 rings (SSSR count). The van der Waals surface area contributed by atoms with Crippen molar-refractivity contribution in [3.05, 3.63) is 0 Å². The molecule has 6 nitrogen and oxygen atoms in total. The van der Waals surface area contributed by atoms with Crippen molar-refractivity contribution in [2.75, 3.05) is 26.2 Å². The molecule has 0 bridgehead atoms. The van der Waals surface area contributed by atoms with E-state index in [0.717, 1.165) is 51.6 Å². The van der Waals surface area contributed by atoms with Gasteiger partial charge in [-0.1, -0.05) is 6.42 Å². The molecule has 24 heavy (non-hydrogen) atoms. The van der Waals surface area contributed by atoms with Crippen molar-refractivity contribution in [3.8, 4) is 0 Å². The fourth-order valence-corrected chi connectivity index (χ4v) is 3.39. The van der Waals surface area contributed by atoms with Gasteiger partial charge in [-0.05, 0) is 46.0 Å². The molecule has 138 valence electrons. The lowest BCUT2D eigenvalue weighted by Gasteiger charge is -2.34. The van der Waals surface area contributed by atoms with E-state index in [-0.39, 0.29) is 17.9 Å². The van der Waals surface area contributed by atoms with Gasteiger partial charge < -0.3 is 20.3 Å². The minimum atomic E-state index is -0.360. The molecule has 0 aliphatic carbocycles. The van der Waals surface area contributed by atoms with E-state index in [1.807, 2.05) is 0 Å². The van der Waals surface area contributed by atoms with Gasteiger partial charge in [-0.2, -0.15) is 0 Å². The minimum absolute atomic E-state index is 0.0104. The van der Waals surface area contributed by atoms with Crippen LogP contribution in [0.5, 0.6) is 0 Å². The zero-order valence-corrected chi connectivity index (χ0v) is 15.2. The lowest BCUT2D eigenvalue weighted by Crippen LogP contribution is -2.46. The van der Waals surface area contributed by atoms with Gasteiger partial charge in [0.25, 0.3) is 0 Å². The highest BCUT2D eigenvalue weighted by atomic mass is 16.5. The van der Waals surface area contributed by atoms with Gasteiger partial charge in [-0.25, -0.2) is 0 Å². The van der Waals surface area contributed by atoms with E-state index in [1.165, 1.54) is 0 Å². The summed E-state index contributed by atoms with van der Waals surface area (Å²) < 4.78 is 5.93. The third-order valence-electron chi connectivity index (χ3n) is 4.98. The minimum Gasteiger partial charge on any atom is -0.378 e. The van der Waals surface area contributed by atoms with Crippen LogP contribution in [-0.4, -0.2) is 61.1 Å². The molecule has 1 unspecified atom stereocenters. The Morgan fingerprint density at radius 2 is 2.04 bits per heavy atom. The van der Waals surface area contributed by atoms with Crippen LogP contribution in [0, 0.1) is 0 Å². The van der Waals surface area contributed by atoms with Crippen LogP contribution in [0.15, 0.2) is 0 Å². The molecule has 2 heterocycles. The first-order valence-electron chi connectivity index (χ1n) is 9.49. The van der Waals surface area contributed by atoms with Crippen molar-refractivity contribution in [2.45, 2.75) is 77.0 Å². The summed E-state index contributed by atoms with van der Waals surface area (Å²) in [5.41, 5.74) is 0. The fraction of sp³-hybridized carbons (Fsp3) is 0.889. The number of ether oxygens (including phenoxy) is 1. The Balaban J connectivity index is 1.53. The van der Waals surface area contributed by atoms with E-state index in [2.05, 4.69) is 29.4 Å². The number of piperidine rings is 1. The predicted molar refractivity (Wildman–Crippen MR) is 93.7 cm³/mol. The normalized spacial score (nSPS) is 23.8. The molecule has 0 aromatic rings. The largest absolute Gasteiger partial charge is 0.378 e. The van der Waals surface area contributed by atoms with E-state index in [4.69, 9.17) is 4.74 Å². The molecule has 6 heteroatoms. The van der Waals surface area contributed by atoms with Crippen LogP contribution in [-0.2, 0) is 14.3 Å². The Kier molecular flexibility index (Phi) is 7.99. The van der Waals surface area contributed by atoms with Crippen molar-refractivity contribution < 1.29 is 14.3 Å². The number of carbonyl (C=O) groups is 2. The predicted octanol–water partition coefficient (Wildman–Crippen LogP) is 1.44. The first kappa shape index (κ1) is 19.2. The topological polar surface area (TPSA) is 70.7 Å². The molecular weight excluding hydrogens is 306 g/mol. The lowest BCUT2D eigenvalue weighted by molar-refractivity contribution is -0.128. The summed E-state index contributed by atoms with van der Waals surface area (Å²) >= 11 is 0. The molecule has 0 aromatic carbocycles. The van der Waals surface area contributed by atoms with Crippen LogP contribution >= 0.6 is 0 Å². The zero-order valence-electron chi connectivity index (χ0n) is 15.2. The van der Waals surface area contributed by atoms with E-state index in [9.17, 15) is 9.59 Å². The van der Waals surface area contributed by atoms with Crippen molar-refractivity contribution in [1.82, 2.24) is 15.5 Å². The number of amides is 2. The van der Waals surface area contributed by atoms with Gasteiger partial charge in [0, 0.05) is 38.7 Å². The SMILES string of the molecule is CC(C)N1CCC(OCCCNC(=O)C2CCCCC(=O)N2)CC1. The molecule has 2 aliphatic rings. The molecule has 2 fully saturated rings. The number of nitrogens with one attached hydrogen (secondary N) is 2. The lowest BCUT2D eigenvalue weighted by atomic mass is 10.1. The first-order valence-corrected chi connectivity index (χ1v) is 9.49. The summed E-state index contributed by atoms with van der Waals surface area (Å²) in [7, 11) is 0. The van der Waals surface area contributed by atoms with E-state index in [1.54, 1.807) is 0 Å². The van der Waals surface area contributed by atoms with Crippen LogP contribution in [0.2, 0.25) is 0 Å². The van der Waals surface area contributed by atoms with E-state index < -0.39 is 0 Å². The maximum atomic E-state index is 12.1. The quantitative estimate of drug-likeness (QED) is 0.689. The Morgan fingerprint density at radius 3 is 2.75 bits per heavy atom. The third kappa shape index (κ3) is 6.40. The van der Waals surface area contributed by atoms with Gasteiger partial charge in [0.05, 0.1) is 6.10 Å². The monoisotopic (exact) mass is 339 g/mol. The van der Waals surface area contributed by atoms with Crippen molar-refractivity contribution >= 4 is 11.8 Å². The van der Waals surface area contributed by atoms with Gasteiger partial charge in [-0.15, -0.1) is 0 Å². The summed E-state index contributed by atoms with van der Waals surface area (Å²) in [5, 5.41) is 5.72. The molecule has 0 spiro atoms. The van der Waals surface area contributed by atoms with Crippen LogP contribution in [0.1, 0.15) is 58.8 Å². The van der Waals surface area contributed by atoms with Gasteiger partial charge in [0.2, 0.25) is 11.8 Å². The fourth-order valence-electron chi connectivity index (χ4n) is 3.39. The van der Waals surface area contributed by atoms with Crippen LogP contribution in [0.3, 0.4) is 0 Å². The number of hydrogen-bond donors (Lipinski definition) is 2. The second kappa shape index (κ2) is 9.99. The molecule has 2 aliphatic heterocycles. The summed E-state index contributed by atoms with van der Waals surface area (Å²) in [6.45, 7) is 7.99. The highest BCUT2D eigenvalue weighted by Gasteiger charge is 2.23. The second-order valence-electron chi connectivity index (χ2n) is 7.21. The smallest absolute Gasteiger partial charge is 0.242 e. The maximum absolute atomic E-state index is 12.1. The Labute approximate surface area is 145 Å². The van der Waals surface area contributed by atoms with Crippen LogP contribution in [0.4, 0.5) is 0 Å². The Morgan fingerprint density at radius 1 is 1.29 bits per heavy atom. The number of likely N-dealkylation sites (tertiary alicyclic amines) is 1. The first-order chi connectivity index (χ1) is 11.6. The van der Waals surface area contributed by atoms with Crippen LogP contribution in [0.25, 0.3) is 0 Å². The van der Waals surface area contributed by atoms with Gasteiger partial charge in [0.15, 0.2) is 0 Å². The maximum Gasteiger partial charge on any atom is 0.242 e. The molecule has 2 N–H and O–H groups in total. The molecular formula is C18H33N3O3. The summed E-state index contributed by atoms with van der Waals surface area (Å²) in [6, 6.07) is 0.256. The molecule has 0 radical (unpaired) electrons. The summed E-state index contributed by atoms with van der Waals surface area (Å²) in [6.07, 6.45) is 6.44. The van der Waals surface area contributed by atoms with Gasteiger partial charge in [-0.3, -0.25) is 9.59 Å². The van der Waals surface area contributed by atoms with Crippen molar-refractivity contribution in [1.29, 1.82) is 0 Å². The number of carbonyl (C=O) groups excluding carboxylic acids is 2. The molecule has 1 atom stereocenters. The molecule has 2 saturated heterocycles. The Bertz CT molecular complexity index is 406. The number of rotatable bonds is 7. The second-order valence-corrected chi connectivity index (χ2v) is 7.21. The Hall–Kier alpha value is -1.14. The highest BCUT2D eigenvalue weighted by molar-refractivity contribution is 5.87. The number of nitrogens with zero attached hydrogens (tertiary/aromatic N) is 1. The summed E-state index contributed by atoms with van der Waals surface area (Å²) in [5.74, 6) is -0.0702. The molecule has 0 aromatic heterocycles. The number of hydrogen-bond acceptors (Lipinski definition) is 4. The highest BCUT2D eigenvalue weighted by Crippen LogP contribution is 2.15. The average Bonchev–Trinajstić information content (AvgIpc) is 2.79. The van der Waals surface area contributed by atoms with Crippen LogP contribution < -0.4 is 10.6 Å². The van der Waals surface area contributed by atoms with E-state index >= 15 is 0 Å². The van der Waals surface area contributed by atoms with Gasteiger partial charge in [0.1, 0.15) is 6.04 Å². The summed E-state index contributed by atoms with van der Waals surface area (Å²) in [4.78, 5) is 26.1. The zero-order chi connectivity index (χ0) is 17.4. The van der Waals surface area contributed by atoms with E-state index in [0.29, 0.717) is 31.7 Å².